The average Bonchev–Trinajstić information content (AvgIpc) is 2.88. The van der Waals surface area contributed by atoms with Gasteiger partial charge in [-0.05, 0) is 125 Å². The number of hydrogen-bond donors (Lipinski definition) is 1. The minimum absolute atomic E-state index is 0.0282. The number of carbonyl (C=O) groups is 2. The third-order valence-corrected chi connectivity index (χ3v) is 10.6. The number of hydrogen-bond acceptors (Lipinski definition) is 4. The standard InChI is InChI=1S/C33H44FN3O4S/c1-22(31(39)35-32(2,3)4)36(20-23-6-10-28(34)11-7-23)30(38)21-37(42(5,40)41)29-12-8-27(9-13-29)33-17-24-14-25(18-33)16-26(15-24)19-33/h6-13,22,24-26H,14-21H2,1-5H3,(H,35,39). The van der Waals surface area contributed by atoms with Gasteiger partial charge in [0.2, 0.25) is 21.8 Å². The van der Waals surface area contributed by atoms with Crippen molar-refractivity contribution in [3.8, 4) is 0 Å². The zero-order chi connectivity index (χ0) is 30.4. The number of carbonyl (C=O) groups excluding carboxylic acids is 2. The molecule has 1 atom stereocenters. The van der Waals surface area contributed by atoms with Crippen LogP contribution in [0.2, 0.25) is 0 Å². The zero-order valence-electron chi connectivity index (χ0n) is 25.4. The number of nitrogens with zero attached hydrogens (tertiary/aromatic N) is 2. The summed E-state index contributed by atoms with van der Waals surface area (Å²) < 4.78 is 40.7. The van der Waals surface area contributed by atoms with Crippen molar-refractivity contribution in [1.82, 2.24) is 10.2 Å². The Hall–Kier alpha value is -2.94. The molecule has 2 aromatic carbocycles. The molecule has 7 nitrogen and oxygen atoms in total. The quantitative estimate of drug-likeness (QED) is 0.420. The molecule has 0 radical (unpaired) electrons. The fraction of sp³-hybridized carbons (Fsp3) is 0.576. The van der Waals surface area contributed by atoms with E-state index < -0.39 is 39.9 Å². The summed E-state index contributed by atoms with van der Waals surface area (Å²) in [4.78, 5) is 28.3. The minimum atomic E-state index is -3.82. The molecule has 4 saturated carbocycles. The molecule has 1 unspecified atom stereocenters. The summed E-state index contributed by atoms with van der Waals surface area (Å²) in [5.41, 5.74) is 1.99. The molecule has 0 saturated heterocycles. The lowest BCUT2D eigenvalue weighted by molar-refractivity contribution is -0.140. The first-order valence-electron chi connectivity index (χ1n) is 15.1. The molecule has 0 aromatic heterocycles. The fourth-order valence-corrected chi connectivity index (χ4v) is 8.75. The van der Waals surface area contributed by atoms with Gasteiger partial charge in [0.1, 0.15) is 18.4 Å². The zero-order valence-corrected chi connectivity index (χ0v) is 26.2. The van der Waals surface area contributed by atoms with E-state index in [0.717, 1.165) is 28.3 Å². The number of sulfonamides is 1. The van der Waals surface area contributed by atoms with E-state index in [0.29, 0.717) is 11.3 Å². The molecule has 1 N–H and O–H groups in total. The van der Waals surface area contributed by atoms with Crippen LogP contribution >= 0.6 is 0 Å². The van der Waals surface area contributed by atoms with E-state index >= 15 is 0 Å². The first kappa shape index (κ1) is 30.5. The molecular weight excluding hydrogens is 553 g/mol. The number of benzene rings is 2. The molecule has 0 heterocycles. The molecule has 4 aliphatic rings. The Bertz CT molecular complexity index is 1380. The van der Waals surface area contributed by atoms with Gasteiger partial charge in [0, 0.05) is 12.1 Å². The molecule has 2 aromatic rings. The predicted octanol–water partition coefficient (Wildman–Crippen LogP) is 5.39. The van der Waals surface area contributed by atoms with E-state index in [4.69, 9.17) is 0 Å². The molecular formula is C33H44FN3O4S. The van der Waals surface area contributed by atoms with Gasteiger partial charge in [-0.3, -0.25) is 13.9 Å². The summed E-state index contributed by atoms with van der Waals surface area (Å²) >= 11 is 0. The lowest BCUT2D eigenvalue weighted by atomic mass is 9.48. The molecule has 4 fully saturated rings. The van der Waals surface area contributed by atoms with Crippen molar-refractivity contribution in [2.75, 3.05) is 17.1 Å². The Labute approximate surface area is 249 Å². The number of halogens is 1. The van der Waals surface area contributed by atoms with Gasteiger partial charge in [-0.2, -0.15) is 0 Å². The van der Waals surface area contributed by atoms with Crippen molar-refractivity contribution in [3.05, 3.63) is 65.5 Å². The first-order chi connectivity index (χ1) is 19.6. The molecule has 228 valence electrons. The monoisotopic (exact) mass is 597 g/mol. The van der Waals surface area contributed by atoms with Crippen LogP contribution in [0.15, 0.2) is 48.5 Å². The number of nitrogens with one attached hydrogen (secondary N) is 1. The molecule has 0 spiro atoms. The van der Waals surface area contributed by atoms with E-state index in [2.05, 4.69) is 17.4 Å². The van der Waals surface area contributed by atoms with Crippen LogP contribution in [-0.2, 0) is 31.6 Å². The minimum Gasteiger partial charge on any atom is -0.350 e. The molecule has 4 bridgehead atoms. The van der Waals surface area contributed by atoms with Gasteiger partial charge in [0.05, 0.1) is 11.9 Å². The highest BCUT2D eigenvalue weighted by molar-refractivity contribution is 7.92. The van der Waals surface area contributed by atoms with Crippen molar-refractivity contribution >= 4 is 27.5 Å². The number of rotatable bonds is 9. The van der Waals surface area contributed by atoms with Gasteiger partial charge in [-0.25, -0.2) is 12.8 Å². The smallest absolute Gasteiger partial charge is 0.244 e. The number of anilines is 1. The number of amides is 2. The first-order valence-corrected chi connectivity index (χ1v) is 16.9. The molecule has 2 amide bonds. The van der Waals surface area contributed by atoms with Crippen LogP contribution in [0.3, 0.4) is 0 Å². The Balaban J connectivity index is 1.39. The molecule has 9 heteroatoms. The van der Waals surface area contributed by atoms with Gasteiger partial charge >= 0.3 is 0 Å². The lowest BCUT2D eigenvalue weighted by Crippen LogP contribution is -2.54. The van der Waals surface area contributed by atoms with Gasteiger partial charge in [-0.1, -0.05) is 24.3 Å². The van der Waals surface area contributed by atoms with Crippen LogP contribution in [0.25, 0.3) is 0 Å². The van der Waals surface area contributed by atoms with Crippen LogP contribution in [0.1, 0.15) is 77.3 Å². The van der Waals surface area contributed by atoms with Crippen molar-refractivity contribution in [1.29, 1.82) is 0 Å². The topological polar surface area (TPSA) is 86.8 Å². The Morgan fingerprint density at radius 3 is 1.95 bits per heavy atom. The van der Waals surface area contributed by atoms with E-state index in [9.17, 15) is 22.4 Å². The van der Waals surface area contributed by atoms with Crippen LogP contribution < -0.4 is 9.62 Å². The Kier molecular flexibility index (Phi) is 8.20. The summed E-state index contributed by atoms with van der Waals surface area (Å²) in [5.74, 6) is 1.10. The second-order valence-electron chi connectivity index (χ2n) is 14.1. The van der Waals surface area contributed by atoms with E-state index in [1.807, 2.05) is 32.9 Å². The van der Waals surface area contributed by atoms with Gasteiger partial charge in [-0.15, -0.1) is 0 Å². The highest BCUT2D eigenvalue weighted by Crippen LogP contribution is 2.60. The highest BCUT2D eigenvalue weighted by Gasteiger charge is 2.51. The maximum absolute atomic E-state index is 13.8. The maximum Gasteiger partial charge on any atom is 0.244 e. The van der Waals surface area contributed by atoms with Crippen molar-refractivity contribution in [2.45, 2.75) is 89.8 Å². The summed E-state index contributed by atoms with van der Waals surface area (Å²) in [6.45, 7) is 6.74. The molecule has 0 aliphatic heterocycles. The SMILES string of the molecule is CC(C(=O)NC(C)(C)C)N(Cc1ccc(F)cc1)C(=O)CN(c1ccc(C23CC4CC(CC(C4)C2)C3)cc1)S(C)(=O)=O. The second-order valence-corrected chi connectivity index (χ2v) is 16.0. The van der Waals surface area contributed by atoms with Crippen LogP contribution in [0.5, 0.6) is 0 Å². The Morgan fingerprint density at radius 2 is 1.48 bits per heavy atom. The summed E-state index contributed by atoms with van der Waals surface area (Å²) in [6, 6.07) is 12.6. The Morgan fingerprint density at radius 1 is 0.952 bits per heavy atom. The highest BCUT2D eigenvalue weighted by atomic mass is 32.2. The van der Waals surface area contributed by atoms with Crippen LogP contribution in [-0.4, -0.2) is 49.5 Å². The van der Waals surface area contributed by atoms with Crippen LogP contribution in [0, 0.1) is 23.6 Å². The second kappa shape index (κ2) is 11.3. The molecule has 6 rings (SSSR count). The van der Waals surface area contributed by atoms with E-state index in [1.165, 1.54) is 61.1 Å². The van der Waals surface area contributed by atoms with Gasteiger partial charge in [0.15, 0.2) is 0 Å². The van der Waals surface area contributed by atoms with Gasteiger partial charge < -0.3 is 10.2 Å². The van der Waals surface area contributed by atoms with E-state index in [1.54, 1.807) is 19.1 Å². The van der Waals surface area contributed by atoms with Crippen LogP contribution in [0.4, 0.5) is 10.1 Å². The molecule has 4 aliphatic carbocycles. The van der Waals surface area contributed by atoms with E-state index in [-0.39, 0.29) is 17.9 Å². The fourth-order valence-electron chi connectivity index (χ4n) is 7.90. The maximum atomic E-state index is 13.8. The van der Waals surface area contributed by atoms with Crippen molar-refractivity contribution in [3.63, 3.8) is 0 Å². The lowest BCUT2D eigenvalue weighted by Gasteiger charge is -2.57. The van der Waals surface area contributed by atoms with Crippen molar-refractivity contribution in [2.24, 2.45) is 17.8 Å². The summed E-state index contributed by atoms with van der Waals surface area (Å²) in [7, 11) is -3.82. The summed E-state index contributed by atoms with van der Waals surface area (Å²) in [5, 5.41) is 2.90. The van der Waals surface area contributed by atoms with Crippen molar-refractivity contribution < 1.29 is 22.4 Å². The predicted molar refractivity (Wildman–Crippen MR) is 163 cm³/mol. The third kappa shape index (κ3) is 6.66. The largest absolute Gasteiger partial charge is 0.350 e. The summed E-state index contributed by atoms with van der Waals surface area (Å²) in [6.07, 6.45) is 8.76. The normalized spacial score (nSPS) is 25.6. The average molecular weight is 598 g/mol. The molecule has 42 heavy (non-hydrogen) atoms. The van der Waals surface area contributed by atoms with Gasteiger partial charge in [0.25, 0.3) is 0 Å². The third-order valence-electron chi connectivity index (χ3n) is 9.42.